The van der Waals surface area contributed by atoms with Crippen LogP contribution in [0.25, 0.3) is 0 Å². The number of ether oxygens (including phenoxy) is 1. The Kier molecular flexibility index (Phi) is 3.90. The Morgan fingerprint density at radius 3 is 2.68 bits per heavy atom. The molecule has 0 bridgehead atoms. The Labute approximate surface area is 113 Å². The van der Waals surface area contributed by atoms with Crippen molar-refractivity contribution in [3.8, 4) is 5.75 Å². The average molecular weight is 257 g/mol. The predicted molar refractivity (Wildman–Crippen MR) is 78.5 cm³/mol. The summed E-state index contributed by atoms with van der Waals surface area (Å²) >= 11 is 0. The number of hydrogen-bond donors (Lipinski definition) is 1. The van der Waals surface area contributed by atoms with E-state index >= 15 is 0 Å². The normalized spacial score (nSPS) is 10.3. The second kappa shape index (κ2) is 5.61. The van der Waals surface area contributed by atoms with Crippen LogP contribution in [0, 0.1) is 6.92 Å². The lowest BCUT2D eigenvalue weighted by molar-refractivity contribution is 0.409. The molecule has 4 nitrogen and oxygen atoms in total. The Hall–Kier alpha value is -2.23. The van der Waals surface area contributed by atoms with Crippen LogP contribution in [-0.2, 0) is 6.54 Å². The fourth-order valence-electron chi connectivity index (χ4n) is 2.02. The van der Waals surface area contributed by atoms with Gasteiger partial charge in [-0.3, -0.25) is 0 Å². The molecule has 100 valence electrons. The fraction of sp³-hybridized carbons (Fsp3) is 0.267. The summed E-state index contributed by atoms with van der Waals surface area (Å²) in [5.41, 5.74) is 8.72. The number of rotatable bonds is 4. The zero-order valence-electron chi connectivity index (χ0n) is 11.6. The van der Waals surface area contributed by atoms with Gasteiger partial charge in [0.1, 0.15) is 5.75 Å². The van der Waals surface area contributed by atoms with Gasteiger partial charge in [0.05, 0.1) is 12.8 Å². The van der Waals surface area contributed by atoms with Crippen LogP contribution in [0.2, 0.25) is 0 Å². The van der Waals surface area contributed by atoms with Crippen molar-refractivity contribution < 1.29 is 4.74 Å². The van der Waals surface area contributed by atoms with Crippen molar-refractivity contribution in [2.24, 2.45) is 0 Å². The number of nitrogen functional groups attached to an aromatic ring is 1. The maximum atomic E-state index is 5.98. The molecular formula is C15H19N3O. The summed E-state index contributed by atoms with van der Waals surface area (Å²) in [6, 6.07) is 11.8. The van der Waals surface area contributed by atoms with Gasteiger partial charge in [-0.2, -0.15) is 0 Å². The molecule has 19 heavy (non-hydrogen) atoms. The standard InChI is InChI=1S/C15H19N3O/c1-11-8-9-13(16)15(17-11)18(2)10-12-6-4-5-7-14(12)19-3/h4-9H,10,16H2,1-3H3. The summed E-state index contributed by atoms with van der Waals surface area (Å²) in [6.07, 6.45) is 0. The van der Waals surface area contributed by atoms with Crippen molar-refractivity contribution in [2.45, 2.75) is 13.5 Å². The molecule has 0 aliphatic heterocycles. The number of hydrogen-bond acceptors (Lipinski definition) is 4. The van der Waals surface area contributed by atoms with Crippen molar-refractivity contribution >= 4 is 11.5 Å². The Morgan fingerprint density at radius 2 is 1.95 bits per heavy atom. The maximum absolute atomic E-state index is 5.98. The lowest BCUT2D eigenvalue weighted by atomic mass is 10.2. The van der Waals surface area contributed by atoms with Crippen LogP contribution in [0.3, 0.4) is 0 Å². The van der Waals surface area contributed by atoms with Crippen LogP contribution in [0.4, 0.5) is 11.5 Å². The van der Waals surface area contributed by atoms with E-state index in [9.17, 15) is 0 Å². The average Bonchev–Trinajstić information content (AvgIpc) is 2.42. The van der Waals surface area contributed by atoms with Gasteiger partial charge >= 0.3 is 0 Å². The van der Waals surface area contributed by atoms with Crippen LogP contribution in [0.15, 0.2) is 36.4 Å². The van der Waals surface area contributed by atoms with Crippen LogP contribution in [0.5, 0.6) is 5.75 Å². The zero-order valence-corrected chi connectivity index (χ0v) is 11.6. The second-order valence-corrected chi connectivity index (χ2v) is 4.53. The molecule has 0 unspecified atom stereocenters. The Bertz CT molecular complexity index is 569. The van der Waals surface area contributed by atoms with E-state index in [1.54, 1.807) is 7.11 Å². The molecular weight excluding hydrogens is 238 g/mol. The Balaban J connectivity index is 2.25. The first-order chi connectivity index (χ1) is 9.11. The third-order valence-electron chi connectivity index (χ3n) is 3.01. The Morgan fingerprint density at radius 1 is 1.21 bits per heavy atom. The van der Waals surface area contributed by atoms with Gasteiger partial charge in [-0.1, -0.05) is 18.2 Å². The van der Waals surface area contributed by atoms with Crippen LogP contribution in [0.1, 0.15) is 11.3 Å². The molecule has 1 aromatic carbocycles. The van der Waals surface area contributed by atoms with Crippen molar-refractivity contribution in [2.75, 3.05) is 24.8 Å². The topological polar surface area (TPSA) is 51.4 Å². The molecule has 0 atom stereocenters. The number of benzene rings is 1. The summed E-state index contributed by atoms with van der Waals surface area (Å²) in [5, 5.41) is 0. The van der Waals surface area contributed by atoms with Gasteiger partial charge in [0.2, 0.25) is 0 Å². The van der Waals surface area contributed by atoms with E-state index in [4.69, 9.17) is 10.5 Å². The van der Waals surface area contributed by atoms with Crippen LogP contribution in [-0.4, -0.2) is 19.1 Å². The summed E-state index contributed by atoms with van der Waals surface area (Å²) in [4.78, 5) is 6.51. The highest BCUT2D eigenvalue weighted by Crippen LogP contribution is 2.24. The number of para-hydroxylation sites is 1. The quantitative estimate of drug-likeness (QED) is 0.914. The largest absolute Gasteiger partial charge is 0.496 e. The molecule has 2 rings (SSSR count). The SMILES string of the molecule is COc1ccccc1CN(C)c1nc(C)ccc1N. The molecule has 0 saturated heterocycles. The number of nitrogens with two attached hydrogens (primary N) is 1. The molecule has 1 heterocycles. The number of nitrogens with zero attached hydrogens (tertiary/aromatic N) is 2. The van der Waals surface area contributed by atoms with Crippen molar-refractivity contribution in [3.63, 3.8) is 0 Å². The molecule has 0 radical (unpaired) electrons. The number of aryl methyl sites for hydroxylation is 1. The van der Waals surface area contributed by atoms with Crippen molar-refractivity contribution in [3.05, 3.63) is 47.7 Å². The number of pyridine rings is 1. The molecule has 1 aromatic heterocycles. The third-order valence-corrected chi connectivity index (χ3v) is 3.01. The molecule has 4 heteroatoms. The molecule has 0 aliphatic carbocycles. The van der Waals surface area contributed by atoms with Crippen molar-refractivity contribution in [1.29, 1.82) is 0 Å². The van der Waals surface area contributed by atoms with Gasteiger partial charge in [-0.05, 0) is 25.1 Å². The van der Waals surface area contributed by atoms with Crippen molar-refractivity contribution in [1.82, 2.24) is 4.98 Å². The number of methoxy groups -OCH3 is 1. The first-order valence-electron chi connectivity index (χ1n) is 6.18. The van der Waals surface area contributed by atoms with E-state index in [2.05, 4.69) is 4.98 Å². The maximum Gasteiger partial charge on any atom is 0.152 e. The summed E-state index contributed by atoms with van der Waals surface area (Å²) in [6.45, 7) is 2.66. The van der Waals surface area contributed by atoms with Gasteiger partial charge in [0.15, 0.2) is 5.82 Å². The van der Waals surface area contributed by atoms with Gasteiger partial charge in [0.25, 0.3) is 0 Å². The highest BCUT2D eigenvalue weighted by Gasteiger charge is 2.10. The first kappa shape index (κ1) is 13.2. The van der Waals surface area contributed by atoms with Gasteiger partial charge in [0, 0.05) is 24.8 Å². The summed E-state index contributed by atoms with van der Waals surface area (Å²) in [7, 11) is 3.66. The number of aromatic nitrogens is 1. The summed E-state index contributed by atoms with van der Waals surface area (Å²) < 4.78 is 5.36. The van der Waals surface area contributed by atoms with E-state index in [1.807, 2.05) is 55.3 Å². The van der Waals surface area contributed by atoms with Crippen LogP contribution >= 0.6 is 0 Å². The van der Waals surface area contributed by atoms with E-state index in [0.29, 0.717) is 12.2 Å². The van der Waals surface area contributed by atoms with Gasteiger partial charge in [-0.15, -0.1) is 0 Å². The molecule has 0 aliphatic rings. The molecule has 2 N–H and O–H groups in total. The van der Waals surface area contributed by atoms with E-state index < -0.39 is 0 Å². The smallest absolute Gasteiger partial charge is 0.152 e. The van der Waals surface area contributed by atoms with E-state index in [0.717, 1.165) is 22.8 Å². The molecule has 0 spiro atoms. The van der Waals surface area contributed by atoms with Gasteiger partial charge < -0.3 is 15.4 Å². The number of anilines is 2. The zero-order chi connectivity index (χ0) is 13.8. The minimum Gasteiger partial charge on any atom is -0.496 e. The highest BCUT2D eigenvalue weighted by atomic mass is 16.5. The fourth-order valence-corrected chi connectivity index (χ4v) is 2.02. The predicted octanol–water partition coefficient (Wildman–Crippen LogP) is 2.62. The minimum absolute atomic E-state index is 0.683. The third kappa shape index (κ3) is 2.96. The second-order valence-electron chi connectivity index (χ2n) is 4.53. The molecule has 0 saturated carbocycles. The minimum atomic E-state index is 0.683. The molecule has 0 fully saturated rings. The first-order valence-corrected chi connectivity index (χ1v) is 6.18. The lowest BCUT2D eigenvalue weighted by Gasteiger charge is -2.21. The molecule has 0 amide bonds. The molecule has 2 aromatic rings. The van der Waals surface area contributed by atoms with E-state index in [1.165, 1.54) is 0 Å². The lowest BCUT2D eigenvalue weighted by Crippen LogP contribution is -2.19. The summed E-state index contributed by atoms with van der Waals surface area (Å²) in [5.74, 6) is 1.67. The highest BCUT2D eigenvalue weighted by molar-refractivity contribution is 5.62. The van der Waals surface area contributed by atoms with Crippen LogP contribution < -0.4 is 15.4 Å². The van der Waals surface area contributed by atoms with E-state index in [-0.39, 0.29) is 0 Å². The monoisotopic (exact) mass is 257 g/mol. The van der Waals surface area contributed by atoms with Gasteiger partial charge in [-0.25, -0.2) is 4.98 Å².